The Morgan fingerprint density at radius 1 is 1.23 bits per heavy atom. The van der Waals surface area contributed by atoms with Crippen molar-refractivity contribution in [3.8, 4) is 5.75 Å². The molecule has 0 saturated carbocycles. The molecule has 0 radical (unpaired) electrons. The molecule has 1 aromatic heterocycles. The van der Waals surface area contributed by atoms with E-state index in [9.17, 15) is 14.7 Å². The minimum Gasteiger partial charge on any atom is -0.484 e. The fourth-order valence-electron chi connectivity index (χ4n) is 3.55. The largest absolute Gasteiger partial charge is 0.484 e. The Morgan fingerprint density at radius 2 is 1.97 bits per heavy atom. The average Bonchev–Trinajstić information content (AvgIpc) is 3.20. The van der Waals surface area contributed by atoms with Crippen LogP contribution in [-0.2, 0) is 19.0 Å². The molecule has 2 saturated heterocycles. The number of nitrogens with one attached hydrogen (secondary N) is 1. The number of fused-ring (bicyclic) bond motifs is 1. The molecule has 160 valence electrons. The fraction of sp³-hybridized carbons (Fsp3) is 0.450. The van der Waals surface area contributed by atoms with Crippen molar-refractivity contribution in [3.05, 3.63) is 53.1 Å². The summed E-state index contributed by atoms with van der Waals surface area (Å²) in [5, 5.41) is 12.1. The lowest BCUT2D eigenvalue weighted by Crippen LogP contribution is -2.35. The molecule has 1 amide bonds. The summed E-state index contributed by atoms with van der Waals surface area (Å²) in [5.74, 6) is -0.649. The van der Waals surface area contributed by atoms with Gasteiger partial charge in [0.15, 0.2) is 18.6 Å². The van der Waals surface area contributed by atoms with Gasteiger partial charge in [0.25, 0.3) is 5.91 Å². The summed E-state index contributed by atoms with van der Waals surface area (Å²) < 4.78 is 24.0. The third-order valence-electron chi connectivity index (χ3n) is 4.79. The molecule has 10 nitrogen and oxygen atoms in total. The predicted molar refractivity (Wildman–Crippen MR) is 104 cm³/mol. The van der Waals surface area contributed by atoms with Crippen LogP contribution >= 0.6 is 0 Å². The highest BCUT2D eigenvalue weighted by molar-refractivity contribution is 5.90. The molecule has 2 N–H and O–H groups in total. The number of benzene rings is 1. The molecule has 2 aliphatic rings. The van der Waals surface area contributed by atoms with Crippen molar-refractivity contribution in [1.82, 2.24) is 9.55 Å². The van der Waals surface area contributed by atoms with Gasteiger partial charge in [0.2, 0.25) is 0 Å². The first-order valence-electron chi connectivity index (χ1n) is 9.55. The summed E-state index contributed by atoms with van der Waals surface area (Å²) in [6, 6.07) is 10.4. The van der Waals surface area contributed by atoms with Gasteiger partial charge in [-0.25, -0.2) is 4.79 Å². The molecule has 4 unspecified atom stereocenters. The number of carbonyl (C=O) groups is 1. The molecule has 4 atom stereocenters. The van der Waals surface area contributed by atoms with Gasteiger partial charge < -0.3 is 29.4 Å². The van der Waals surface area contributed by atoms with Crippen LogP contribution in [0.5, 0.6) is 5.75 Å². The standard InChI is InChI=1S/C20H23N3O7/c1-20(2)29-16-13(10-24)28-18(17(16)30-20)23-9-8-14(22-19(23)26)21-15(25)11-27-12-6-4-3-5-7-12/h3-9,13,16-18,24H,10-11H2,1-2H3,(H,21,22,25,26). The molecular formula is C20H23N3O7. The van der Waals surface area contributed by atoms with Crippen LogP contribution in [0, 0.1) is 0 Å². The molecule has 4 rings (SSSR count). The van der Waals surface area contributed by atoms with Crippen molar-refractivity contribution in [3.63, 3.8) is 0 Å². The molecule has 10 heteroatoms. The summed E-state index contributed by atoms with van der Waals surface area (Å²) in [6.07, 6.45) is -1.05. The second-order valence-electron chi connectivity index (χ2n) is 7.46. The zero-order valence-electron chi connectivity index (χ0n) is 16.6. The highest BCUT2D eigenvalue weighted by Crippen LogP contribution is 2.42. The lowest BCUT2D eigenvalue weighted by Gasteiger charge is -2.24. The number of rotatable bonds is 6. The van der Waals surface area contributed by atoms with E-state index in [1.165, 1.54) is 16.8 Å². The summed E-state index contributed by atoms with van der Waals surface area (Å²) in [4.78, 5) is 28.5. The number of aliphatic hydroxyl groups is 1. The topological polar surface area (TPSA) is 121 Å². The number of hydrogen-bond acceptors (Lipinski definition) is 8. The van der Waals surface area contributed by atoms with Gasteiger partial charge in [-0.2, -0.15) is 4.98 Å². The van der Waals surface area contributed by atoms with E-state index in [-0.39, 0.29) is 19.0 Å². The quantitative estimate of drug-likeness (QED) is 0.704. The van der Waals surface area contributed by atoms with Crippen molar-refractivity contribution in [2.45, 2.75) is 44.2 Å². The molecule has 2 aliphatic heterocycles. The Labute approximate surface area is 172 Å². The highest BCUT2D eigenvalue weighted by atomic mass is 16.8. The van der Waals surface area contributed by atoms with E-state index in [4.69, 9.17) is 18.9 Å². The fourth-order valence-corrected chi connectivity index (χ4v) is 3.55. The number of hydrogen-bond donors (Lipinski definition) is 2. The first kappa shape index (κ1) is 20.5. The van der Waals surface area contributed by atoms with Gasteiger partial charge in [0.05, 0.1) is 6.61 Å². The number of aromatic nitrogens is 2. The minimum atomic E-state index is -0.853. The highest BCUT2D eigenvalue weighted by Gasteiger charge is 2.55. The van der Waals surface area contributed by atoms with Crippen molar-refractivity contribution >= 4 is 11.7 Å². The van der Waals surface area contributed by atoms with Gasteiger partial charge in [-0.15, -0.1) is 0 Å². The Morgan fingerprint density at radius 3 is 2.67 bits per heavy atom. The maximum atomic E-state index is 12.6. The smallest absolute Gasteiger partial charge is 0.351 e. The monoisotopic (exact) mass is 417 g/mol. The Kier molecular flexibility index (Phi) is 5.56. The number of amides is 1. The van der Waals surface area contributed by atoms with Gasteiger partial charge in [0.1, 0.15) is 29.9 Å². The van der Waals surface area contributed by atoms with Crippen LogP contribution < -0.4 is 15.7 Å². The molecule has 2 fully saturated rings. The van der Waals surface area contributed by atoms with Gasteiger partial charge >= 0.3 is 5.69 Å². The van der Waals surface area contributed by atoms with E-state index < -0.39 is 41.9 Å². The maximum absolute atomic E-state index is 12.6. The summed E-state index contributed by atoms with van der Waals surface area (Å²) in [5.41, 5.74) is -0.632. The second kappa shape index (κ2) is 8.15. The van der Waals surface area contributed by atoms with Crippen LogP contribution in [0.4, 0.5) is 5.82 Å². The molecular weight excluding hydrogens is 394 g/mol. The zero-order chi connectivity index (χ0) is 21.3. The Balaban J connectivity index is 1.43. The van der Waals surface area contributed by atoms with Crippen LogP contribution in [0.2, 0.25) is 0 Å². The van der Waals surface area contributed by atoms with E-state index in [2.05, 4.69) is 10.3 Å². The van der Waals surface area contributed by atoms with Gasteiger partial charge in [-0.1, -0.05) is 18.2 Å². The number of anilines is 1. The lowest BCUT2D eigenvalue weighted by atomic mass is 10.1. The third-order valence-corrected chi connectivity index (χ3v) is 4.79. The number of para-hydroxylation sites is 1. The summed E-state index contributed by atoms with van der Waals surface area (Å²) in [7, 11) is 0. The van der Waals surface area contributed by atoms with Crippen molar-refractivity contribution in [2.24, 2.45) is 0 Å². The SMILES string of the molecule is CC1(C)OC2C(CO)OC(n3ccc(NC(=O)COc4ccccc4)nc3=O)C2O1. The second-order valence-corrected chi connectivity index (χ2v) is 7.46. The molecule has 1 aromatic carbocycles. The molecule has 3 heterocycles. The van der Waals surface area contributed by atoms with Crippen molar-refractivity contribution in [1.29, 1.82) is 0 Å². The van der Waals surface area contributed by atoms with Crippen LogP contribution in [0.3, 0.4) is 0 Å². The van der Waals surface area contributed by atoms with Crippen LogP contribution in [0.1, 0.15) is 20.1 Å². The molecule has 0 spiro atoms. The molecule has 30 heavy (non-hydrogen) atoms. The van der Waals surface area contributed by atoms with Gasteiger partial charge in [0, 0.05) is 6.20 Å². The lowest BCUT2D eigenvalue weighted by molar-refractivity contribution is -0.200. The number of ether oxygens (including phenoxy) is 4. The average molecular weight is 417 g/mol. The molecule has 0 aliphatic carbocycles. The number of carbonyl (C=O) groups excluding carboxylic acids is 1. The first-order chi connectivity index (χ1) is 14.4. The van der Waals surface area contributed by atoms with Crippen molar-refractivity contribution < 1.29 is 28.8 Å². The minimum absolute atomic E-state index is 0.0927. The number of nitrogens with zero attached hydrogens (tertiary/aromatic N) is 2. The van der Waals surface area contributed by atoms with E-state index in [1.54, 1.807) is 38.1 Å². The van der Waals surface area contributed by atoms with E-state index in [0.717, 1.165) is 0 Å². The Hall–Kier alpha value is -2.79. The van der Waals surface area contributed by atoms with Gasteiger partial charge in [-0.3, -0.25) is 9.36 Å². The van der Waals surface area contributed by atoms with Crippen molar-refractivity contribution in [2.75, 3.05) is 18.5 Å². The zero-order valence-corrected chi connectivity index (χ0v) is 16.6. The van der Waals surface area contributed by atoms with Crippen LogP contribution in [0.15, 0.2) is 47.4 Å². The maximum Gasteiger partial charge on any atom is 0.351 e. The molecule has 2 aromatic rings. The van der Waals surface area contributed by atoms with E-state index in [1.807, 2.05) is 6.07 Å². The van der Waals surface area contributed by atoms with Gasteiger partial charge in [-0.05, 0) is 32.0 Å². The van der Waals surface area contributed by atoms with Crippen LogP contribution in [0.25, 0.3) is 0 Å². The predicted octanol–water partition coefficient (Wildman–Crippen LogP) is 0.671. The summed E-state index contributed by atoms with van der Waals surface area (Å²) >= 11 is 0. The van der Waals surface area contributed by atoms with E-state index >= 15 is 0 Å². The first-order valence-corrected chi connectivity index (χ1v) is 9.55. The molecule has 0 bridgehead atoms. The van der Waals surface area contributed by atoms with Crippen LogP contribution in [-0.4, -0.2) is 57.9 Å². The Bertz CT molecular complexity index is 962. The number of aliphatic hydroxyl groups excluding tert-OH is 1. The normalized spacial score (nSPS) is 26.9. The summed E-state index contributed by atoms with van der Waals surface area (Å²) in [6.45, 7) is 3.03. The van der Waals surface area contributed by atoms with E-state index in [0.29, 0.717) is 5.75 Å². The third kappa shape index (κ3) is 4.21.